The minimum Gasteiger partial charge on any atom is -0.508 e. The zero-order valence-corrected chi connectivity index (χ0v) is 8.57. The summed E-state index contributed by atoms with van der Waals surface area (Å²) in [5.74, 6) is 0.440. The molecule has 0 heterocycles. The van der Waals surface area contributed by atoms with Gasteiger partial charge in [-0.05, 0) is 17.5 Å². The van der Waals surface area contributed by atoms with Crippen LogP contribution in [0.5, 0.6) is 5.75 Å². The molecule has 0 spiro atoms. The van der Waals surface area contributed by atoms with E-state index >= 15 is 0 Å². The Kier molecular flexibility index (Phi) is 3.49. The van der Waals surface area contributed by atoms with Crippen LogP contribution in [0, 0.1) is 5.92 Å². The largest absolute Gasteiger partial charge is 0.508 e. The van der Waals surface area contributed by atoms with E-state index in [0.717, 1.165) is 5.56 Å². The number of phenols is 1. The van der Waals surface area contributed by atoms with E-state index in [0.29, 0.717) is 11.5 Å². The molecule has 0 aliphatic heterocycles. The minimum atomic E-state index is -0.150. The van der Waals surface area contributed by atoms with Crippen molar-refractivity contribution in [1.29, 1.82) is 0 Å². The van der Waals surface area contributed by atoms with E-state index < -0.39 is 0 Å². The van der Waals surface area contributed by atoms with E-state index in [1.165, 1.54) is 0 Å². The van der Waals surface area contributed by atoms with Crippen molar-refractivity contribution in [3.05, 3.63) is 29.3 Å². The first-order chi connectivity index (χ1) is 6.56. The summed E-state index contributed by atoms with van der Waals surface area (Å²) in [5.41, 5.74) is 7.35. The number of hydrogen-bond acceptors (Lipinski definition) is 3. The van der Waals surface area contributed by atoms with Crippen molar-refractivity contribution in [2.24, 2.45) is 11.7 Å². The van der Waals surface area contributed by atoms with Gasteiger partial charge in [0.25, 0.3) is 0 Å². The van der Waals surface area contributed by atoms with Gasteiger partial charge in [0.15, 0.2) is 0 Å². The molecule has 14 heavy (non-hydrogen) atoms. The Hall–Kier alpha value is -1.06. The van der Waals surface area contributed by atoms with E-state index in [4.69, 9.17) is 10.8 Å². The molecule has 1 rings (SSSR count). The summed E-state index contributed by atoms with van der Waals surface area (Å²) in [6.07, 6.45) is 0. The number of hydrogen-bond donors (Lipinski definition) is 3. The van der Waals surface area contributed by atoms with E-state index in [1.54, 1.807) is 12.1 Å². The molecule has 0 aliphatic rings. The van der Waals surface area contributed by atoms with Gasteiger partial charge in [0, 0.05) is 11.6 Å². The zero-order valence-electron chi connectivity index (χ0n) is 8.57. The summed E-state index contributed by atoms with van der Waals surface area (Å²) in [6, 6.07) is 5.09. The predicted octanol–water partition coefficient (Wildman–Crippen LogP) is 1.54. The normalized spacial score (nSPS) is 13.2. The van der Waals surface area contributed by atoms with Crippen molar-refractivity contribution in [2.45, 2.75) is 26.5 Å². The molecule has 0 unspecified atom stereocenters. The van der Waals surface area contributed by atoms with Gasteiger partial charge in [0.2, 0.25) is 0 Å². The molecule has 0 radical (unpaired) electrons. The average molecular weight is 195 g/mol. The molecule has 3 nitrogen and oxygen atoms in total. The molecule has 0 amide bonds. The molecule has 0 saturated carbocycles. The van der Waals surface area contributed by atoms with Crippen molar-refractivity contribution in [2.75, 3.05) is 0 Å². The first-order valence-corrected chi connectivity index (χ1v) is 4.74. The van der Waals surface area contributed by atoms with Gasteiger partial charge in [-0.15, -0.1) is 0 Å². The fourth-order valence-corrected chi connectivity index (χ4v) is 1.31. The maximum absolute atomic E-state index is 9.51. The Balaban J connectivity index is 2.96. The smallest absolute Gasteiger partial charge is 0.121 e. The van der Waals surface area contributed by atoms with Crippen LogP contribution in [0.4, 0.5) is 0 Å². The monoisotopic (exact) mass is 195 g/mol. The second-order valence-electron chi connectivity index (χ2n) is 3.82. The lowest BCUT2D eigenvalue weighted by Crippen LogP contribution is -2.16. The number of rotatable bonds is 3. The molecule has 0 aliphatic carbocycles. The first-order valence-electron chi connectivity index (χ1n) is 4.74. The first kappa shape index (κ1) is 11.0. The third kappa shape index (κ3) is 2.25. The summed E-state index contributed by atoms with van der Waals surface area (Å²) in [5, 5.41) is 18.4. The Labute approximate surface area is 84.2 Å². The van der Waals surface area contributed by atoms with Crippen LogP contribution in [0.15, 0.2) is 18.2 Å². The molecule has 0 saturated heterocycles. The molecule has 1 aromatic rings. The minimum absolute atomic E-state index is 0.0753. The maximum Gasteiger partial charge on any atom is 0.121 e. The fraction of sp³-hybridized carbons (Fsp3) is 0.455. The Morgan fingerprint density at radius 3 is 2.43 bits per heavy atom. The van der Waals surface area contributed by atoms with Crippen LogP contribution >= 0.6 is 0 Å². The standard InChI is InChI=1S/C11H17NO2/c1-7(2)11(12)8-3-4-9(6-13)10(14)5-8/h3-5,7,11,13-14H,6,12H2,1-2H3/t11-/m0/s1. The number of aromatic hydroxyl groups is 1. The highest BCUT2D eigenvalue weighted by molar-refractivity contribution is 5.37. The fourth-order valence-electron chi connectivity index (χ4n) is 1.31. The molecule has 0 bridgehead atoms. The molecular formula is C11H17NO2. The SMILES string of the molecule is CC(C)[C@H](N)c1ccc(CO)c(O)c1. The molecule has 0 aromatic heterocycles. The topological polar surface area (TPSA) is 66.5 Å². The highest BCUT2D eigenvalue weighted by Gasteiger charge is 2.11. The molecule has 1 atom stereocenters. The summed E-state index contributed by atoms with van der Waals surface area (Å²) < 4.78 is 0. The van der Waals surface area contributed by atoms with Gasteiger partial charge in [-0.25, -0.2) is 0 Å². The van der Waals surface area contributed by atoms with Gasteiger partial charge in [0.05, 0.1) is 6.61 Å². The molecule has 3 heteroatoms. The van der Waals surface area contributed by atoms with Gasteiger partial charge >= 0.3 is 0 Å². The van der Waals surface area contributed by atoms with Crippen molar-refractivity contribution < 1.29 is 10.2 Å². The molecule has 1 aromatic carbocycles. The van der Waals surface area contributed by atoms with E-state index in [9.17, 15) is 5.11 Å². The summed E-state index contributed by atoms with van der Waals surface area (Å²) in [7, 11) is 0. The molecule has 78 valence electrons. The number of nitrogens with two attached hydrogens (primary N) is 1. The van der Waals surface area contributed by atoms with Crippen LogP contribution in [0.1, 0.15) is 31.0 Å². The second kappa shape index (κ2) is 4.44. The predicted molar refractivity (Wildman–Crippen MR) is 55.8 cm³/mol. The highest BCUT2D eigenvalue weighted by atomic mass is 16.3. The van der Waals surface area contributed by atoms with Crippen molar-refractivity contribution in [3.8, 4) is 5.75 Å². The zero-order chi connectivity index (χ0) is 10.7. The van der Waals surface area contributed by atoms with Crippen molar-refractivity contribution >= 4 is 0 Å². The maximum atomic E-state index is 9.51. The van der Waals surface area contributed by atoms with Crippen LogP contribution < -0.4 is 5.73 Å². The Bertz CT molecular complexity index is 310. The Morgan fingerprint density at radius 1 is 1.36 bits per heavy atom. The molecule has 0 fully saturated rings. The third-order valence-electron chi connectivity index (χ3n) is 2.38. The molecule has 4 N–H and O–H groups in total. The van der Waals surface area contributed by atoms with Gasteiger partial charge < -0.3 is 15.9 Å². The van der Waals surface area contributed by atoms with Gasteiger partial charge in [-0.2, -0.15) is 0 Å². The van der Waals surface area contributed by atoms with Crippen LogP contribution in [0.25, 0.3) is 0 Å². The number of aliphatic hydroxyl groups is 1. The van der Waals surface area contributed by atoms with E-state index in [1.807, 2.05) is 19.9 Å². The number of aliphatic hydroxyl groups excluding tert-OH is 1. The lowest BCUT2D eigenvalue weighted by Gasteiger charge is -2.16. The van der Waals surface area contributed by atoms with Crippen LogP contribution in [-0.2, 0) is 6.61 Å². The highest BCUT2D eigenvalue weighted by Crippen LogP contribution is 2.25. The van der Waals surface area contributed by atoms with Crippen LogP contribution in [0.2, 0.25) is 0 Å². The lowest BCUT2D eigenvalue weighted by molar-refractivity contribution is 0.275. The Morgan fingerprint density at radius 2 is 2.00 bits per heavy atom. The third-order valence-corrected chi connectivity index (χ3v) is 2.38. The second-order valence-corrected chi connectivity index (χ2v) is 3.82. The van der Waals surface area contributed by atoms with E-state index in [2.05, 4.69) is 0 Å². The van der Waals surface area contributed by atoms with Gasteiger partial charge in [-0.3, -0.25) is 0 Å². The lowest BCUT2D eigenvalue weighted by atomic mass is 9.96. The van der Waals surface area contributed by atoms with Crippen molar-refractivity contribution in [3.63, 3.8) is 0 Å². The van der Waals surface area contributed by atoms with Gasteiger partial charge in [0.1, 0.15) is 5.75 Å². The van der Waals surface area contributed by atoms with E-state index in [-0.39, 0.29) is 18.4 Å². The van der Waals surface area contributed by atoms with Crippen LogP contribution in [-0.4, -0.2) is 10.2 Å². The quantitative estimate of drug-likeness (QED) is 0.685. The van der Waals surface area contributed by atoms with Crippen molar-refractivity contribution in [1.82, 2.24) is 0 Å². The average Bonchev–Trinajstić information content (AvgIpc) is 2.16. The molecular weight excluding hydrogens is 178 g/mol. The summed E-state index contributed by atoms with van der Waals surface area (Å²) >= 11 is 0. The van der Waals surface area contributed by atoms with Crippen LogP contribution in [0.3, 0.4) is 0 Å². The number of benzene rings is 1. The summed E-state index contributed by atoms with van der Waals surface area (Å²) in [4.78, 5) is 0. The van der Waals surface area contributed by atoms with Gasteiger partial charge in [-0.1, -0.05) is 26.0 Å². The summed E-state index contributed by atoms with van der Waals surface area (Å²) in [6.45, 7) is 3.91.